The average Bonchev–Trinajstić information content (AvgIpc) is 3.20. The maximum Gasteiger partial charge on any atom is 0.325 e. The molecule has 154 valence electrons. The van der Waals surface area contributed by atoms with Crippen LogP contribution in [0.4, 0.5) is 5.13 Å². The van der Waals surface area contributed by atoms with Gasteiger partial charge in [0.1, 0.15) is 11.8 Å². The van der Waals surface area contributed by atoms with Crippen molar-refractivity contribution in [3.05, 3.63) is 16.1 Å². The quantitative estimate of drug-likeness (QED) is 0.562. The van der Waals surface area contributed by atoms with Crippen LogP contribution in [-0.4, -0.2) is 59.4 Å². The van der Waals surface area contributed by atoms with Gasteiger partial charge in [-0.1, -0.05) is 0 Å². The number of ether oxygens (including phenoxy) is 1. The molecule has 0 aliphatic carbocycles. The number of nitrogens with zero attached hydrogens (tertiary/aromatic N) is 3. The Kier molecular flexibility index (Phi) is 7.68. The number of esters is 1. The first-order valence-electron chi connectivity index (χ1n) is 9.18. The van der Waals surface area contributed by atoms with E-state index in [-0.39, 0.29) is 11.9 Å². The molecule has 0 saturated carbocycles. The van der Waals surface area contributed by atoms with Crippen LogP contribution < -0.4 is 5.32 Å². The molecule has 1 aliphatic rings. The summed E-state index contributed by atoms with van der Waals surface area (Å²) in [4.78, 5) is 33.9. The van der Waals surface area contributed by atoms with Crippen LogP contribution in [0.5, 0.6) is 0 Å². The van der Waals surface area contributed by atoms with Gasteiger partial charge in [0.05, 0.1) is 27.9 Å². The van der Waals surface area contributed by atoms with Crippen LogP contribution in [-0.2, 0) is 14.3 Å². The van der Waals surface area contributed by atoms with Gasteiger partial charge in [-0.3, -0.25) is 9.69 Å². The van der Waals surface area contributed by atoms with Crippen LogP contribution in [0.3, 0.4) is 0 Å². The normalized spacial score (nSPS) is 14.6. The number of thiazole rings is 2. The smallest absolute Gasteiger partial charge is 0.325 e. The van der Waals surface area contributed by atoms with E-state index >= 15 is 0 Å². The number of hydrogen-bond donors (Lipinski definition) is 1. The molecule has 0 radical (unpaired) electrons. The maximum atomic E-state index is 11.5. The fourth-order valence-electron chi connectivity index (χ4n) is 2.75. The first kappa shape index (κ1) is 22.4. The molecule has 1 fully saturated rings. The van der Waals surface area contributed by atoms with Gasteiger partial charge >= 0.3 is 5.97 Å². The number of carbonyl (C=O) groups is 2. The maximum absolute atomic E-state index is 11.5. The van der Waals surface area contributed by atoms with Gasteiger partial charge in [-0.25, -0.2) is 9.97 Å². The first-order valence-corrected chi connectivity index (χ1v) is 10.9. The Morgan fingerprint density at radius 1 is 1.39 bits per heavy atom. The van der Waals surface area contributed by atoms with Crippen molar-refractivity contribution >= 4 is 40.1 Å². The minimum absolute atomic E-state index is 0.0868. The van der Waals surface area contributed by atoms with Gasteiger partial charge in [0.25, 0.3) is 0 Å². The summed E-state index contributed by atoms with van der Waals surface area (Å²) in [5.74, 6) is -0.131. The number of aryl methyl sites for hydroxylation is 2. The second kappa shape index (κ2) is 9.58. The lowest BCUT2D eigenvalue weighted by molar-refractivity contribution is -0.161. The number of rotatable bonds is 6. The molecule has 1 saturated heterocycles. The first-order chi connectivity index (χ1) is 13.2. The van der Waals surface area contributed by atoms with Gasteiger partial charge in [-0.05, 0) is 34.6 Å². The molecule has 0 bridgehead atoms. The fraction of sp³-hybridized carbons (Fsp3) is 0.579. The summed E-state index contributed by atoms with van der Waals surface area (Å²) < 4.78 is 4.96. The van der Waals surface area contributed by atoms with E-state index in [0.29, 0.717) is 19.7 Å². The van der Waals surface area contributed by atoms with Crippen molar-refractivity contribution in [2.75, 3.05) is 32.1 Å². The van der Waals surface area contributed by atoms with Gasteiger partial charge < -0.3 is 14.8 Å². The van der Waals surface area contributed by atoms with E-state index in [4.69, 9.17) is 4.74 Å². The molecule has 0 spiro atoms. The average molecular weight is 425 g/mol. The number of likely N-dealkylation sites (tertiary alicyclic amines) is 1. The van der Waals surface area contributed by atoms with Crippen LogP contribution in [0.1, 0.15) is 31.5 Å². The third-order valence-electron chi connectivity index (χ3n) is 4.52. The van der Waals surface area contributed by atoms with Crippen molar-refractivity contribution in [1.82, 2.24) is 14.9 Å². The zero-order valence-corrected chi connectivity index (χ0v) is 18.9. The van der Waals surface area contributed by atoms with E-state index in [1.54, 1.807) is 29.6 Å². The third-order valence-corrected chi connectivity index (χ3v) is 6.48. The minimum Gasteiger partial charge on any atom is -0.465 e. The summed E-state index contributed by atoms with van der Waals surface area (Å²) in [7, 11) is 1.88. The number of hydrogen-bond acceptors (Lipinski definition) is 9. The molecule has 0 atom stereocenters. The molecule has 3 rings (SSSR count). The van der Waals surface area contributed by atoms with E-state index in [2.05, 4.69) is 20.7 Å². The molecule has 3 heterocycles. The zero-order chi connectivity index (χ0) is 20.9. The second-order valence-corrected chi connectivity index (χ2v) is 9.08. The molecule has 1 N–H and O–H groups in total. The predicted octanol–water partition coefficient (Wildman–Crippen LogP) is 3.38. The van der Waals surface area contributed by atoms with Gasteiger partial charge in [0.2, 0.25) is 0 Å². The Labute approximate surface area is 174 Å². The van der Waals surface area contributed by atoms with Gasteiger partial charge in [-0.2, -0.15) is 0 Å². The van der Waals surface area contributed by atoms with E-state index in [0.717, 1.165) is 27.8 Å². The van der Waals surface area contributed by atoms with E-state index in [9.17, 15) is 9.59 Å². The van der Waals surface area contributed by atoms with Crippen LogP contribution in [0, 0.1) is 19.8 Å². The fourth-order valence-corrected chi connectivity index (χ4v) is 4.37. The number of anilines is 1. The summed E-state index contributed by atoms with van der Waals surface area (Å²) in [5.41, 5.74) is 1.50. The largest absolute Gasteiger partial charge is 0.465 e. The summed E-state index contributed by atoms with van der Waals surface area (Å²) in [5, 5.41) is 7.14. The number of nitrogens with one attached hydrogen (secondary N) is 1. The second-order valence-electron chi connectivity index (χ2n) is 7.02. The van der Waals surface area contributed by atoms with Crippen molar-refractivity contribution in [2.45, 2.75) is 40.2 Å². The SMILES string of the molecule is CCOC(=O)C(C)(C)N1CC(C=O)C1.CNc1nc(-c2sc(C)nc2C)cs1. The van der Waals surface area contributed by atoms with Gasteiger partial charge in [-0.15, -0.1) is 22.7 Å². The van der Waals surface area contributed by atoms with E-state index < -0.39 is 5.54 Å². The monoisotopic (exact) mass is 424 g/mol. The van der Waals surface area contributed by atoms with Crippen molar-refractivity contribution in [3.63, 3.8) is 0 Å². The van der Waals surface area contributed by atoms with Crippen LogP contribution >= 0.6 is 22.7 Å². The molecule has 2 aromatic heterocycles. The number of carbonyl (C=O) groups excluding carboxylic acids is 2. The third kappa shape index (κ3) is 5.15. The highest BCUT2D eigenvalue weighted by Gasteiger charge is 2.42. The summed E-state index contributed by atoms with van der Waals surface area (Å²) in [6.07, 6.45) is 0.942. The topological polar surface area (TPSA) is 84.4 Å². The van der Waals surface area contributed by atoms with E-state index in [1.807, 2.05) is 39.6 Å². The molecule has 2 aromatic rings. The molecule has 28 heavy (non-hydrogen) atoms. The number of aldehydes is 1. The van der Waals surface area contributed by atoms with Gasteiger partial charge in [0.15, 0.2) is 5.13 Å². The Hall–Kier alpha value is -1.84. The van der Waals surface area contributed by atoms with Crippen molar-refractivity contribution in [2.24, 2.45) is 5.92 Å². The lowest BCUT2D eigenvalue weighted by atomic mass is 9.92. The highest BCUT2D eigenvalue weighted by Crippen LogP contribution is 2.31. The summed E-state index contributed by atoms with van der Waals surface area (Å²) in [6.45, 7) is 11.2. The van der Waals surface area contributed by atoms with Crippen LogP contribution in [0.15, 0.2) is 5.38 Å². The molecular weight excluding hydrogens is 396 g/mol. The minimum atomic E-state index is -0.602. The summed E-state index contributed by atoms with van der Waals surface area (Å²) in [6, 6.07) is 0. The van der Waals surface area contributed by atoms with Crippen molar-refractivity contribution < 1.29 is 14.3 Å². The standard InChI is InChI=1S/C10H17NO3.C9H11N3S2/c1-4-14-9(13)10(2,3)11-5-8(6-11)7-12;1-5-8(14-6(2)11-5)7-4-13-9(10-3)12-7/h7-8H,4-6H2,1-3H3;4H,1-3H3,(H,10,12). The van der Waals surface area contributed by atoms with E-state index in [1.165, 1.54) is 4.88 Å². The Bertz CT molecular complexity index is 810. The molecule has 0 aromatic carbocycles. The van der Waals surface area contributed by atoms with Crippen molar-refractivity contribution in [1.29, 1.82) is 0 Å². The molecule has 1 aliphatic heterocycles. The van der Waals surface area contributed by atoms with Crippen LogP contribution in [0.2, 0.25) is 0 Å². The molecule has 0 unspecified atom stereocenters. The van der Waals surface area contributed by atoms with Gasteiger partial charge in [0, 0.05) is 31.4 Å². The zero-order valence-electron chi connectivity index (χ0n) is 17.2. The Morgan fingerprint density at radius 2 is 2.07 bits per heavy atom. The summed E-state index contributed by atoms with van der Waals surface area (Å²) >= 11 is 3.32. The molecule has 0 amide bonds. The number of aromatic nitrogens is 2. The van der Waals surface area contributed by atoms with Crippen molar-refractivity contribution in [3.8, 4) is 10.6 Å². The lowest BCUT2D eigenvalue weighted by Gasteiger charge is -2.45. The molecular formula is C19H28N4O3S2. The lowest BCUT2D eigenvalue weighted by Crippen LogP contribution is -2.61. The molecule has 9 heteroatoms. The Balaban J connectivity index is 0.000000200. The van der Waals surface area contributed by atoms with Crippen LogP contribution in [0.25, 0.3) is 10.6 Å². The highest BCUT2D eigenvalue weighted by molar-refractivity contribution is 7.16. The Morgan fingerprint density at radius 3 is 2.54 bits per heavy atom. The highest BCUT2D eigenvalue weighted by atomic mass is 32.1. The predicted molar refractivity (Wildman–Crippen MR) is 114 cm³/mol. The molecule has 7 nitrogen and oxygen atoms in total.